The van der Waals surface area contributed by atoms with Gasteiger partial charge in [-0.25, -0.2) is 9.78 Å². The van der Waals surface area contributed by atoms with Crippen LogP contribution >= 0.6 is 11.3 Å². The number of likely N-dealkylation sites (N-methyl/N-ethyl adjacent to an activating group) is 1. The van der Waals surface area contributed by atoms with Crippen molar-refractivity contribution in [2.24, 2.45) is 0 Å². The number of urea groups is 1. The number of hydrogen-bond donors (Lipinski definition) is 2. The van der Waals surface area contributed by atoms with Gasteiger partial charge in [0.15, 0.2) is 0 Å². The normalized spacial score (nSPS) is 20.9. The Hall–Kier alpha value is -1.92. The second-order valence-corrected chi connectivity index (χ2v) is 7.09. The molecular weight excluding hydrogens is 320 g/mol. The van der Waals surface area contributed by atoms with Crippen LogP contribution in [0.15, 0.2) is 35.7 Å². The van der Waals surface area contributed by atoms with Crippen LogP contribution in [-0.4, -0.2) is 35.5 Å². The van der Waals surface area contributed by atoms with Crippen LogP contribution in [0, 0.1) is 0 Å². The van der Waals surface area contributed by atoms with Gasteiger partial charge in [-0.15, -0.1) is 11.3 Å². The van der Waals surface area contributed by atoms with Crippen LogP contribution in [0.2, 0.25) is 0 Å². The van der Waals surface area contributed by atoms with Crippen LogP contribution in [0.3, 0.4) is 0 Å². The predicted octanol–water partition coefficient (Wildman–Crippen LogP) is 2.95. The van der Waals surface area contributed by atoms with E-state index in [9.17, 15) is 4.79 Å². The third-order valence-electron chi connectivity index (χ3n) is 4.44. The lowest BCUT2D eigenvalue weighted by atomic mass is 10.0. The van der Waals surface area contributed by atoms with Gasteiger partial charge < -0.3 is 10.6 Å². The van der Waals surface area contributed by atoms with Gasteiger partial charge in [0.05, 0.1) is 29.3 Å². The molecule has 5 nitrogen and oxygen atoms in total. The Morgan fingerprint density at radius 3 is 2.88 bits per heavy atom. The van der Waals surface area contributed by atoms with Crippen LogP contribution < -0.4 is 10.6 Å². The molecule has 0 unspecified atom stereocenters. The van der Waals surface area contributed by atoms with Gasteiger partial charge in [-0.3, -0.25) is 4.90 Å². The fourth-order valence-electron chi connectivity index (χ4n) is 3.22. The minimum absolute atomic E-state index is 0.123. The molecule has 1 aromatic carbocycles. The molecule has 1 saturated heterocycles. The Morgan fingerprint density at radius 1 is 1.38 bits per heavy atom. The number of aryl methyl sites for hydroxylation is 1. The summed E-state index contributed by atoms with van der Waals surface area (Å²) in [5.74, 6) is 0. The highest BCUT2D eigenvalue weighted by atomic mass is 32.1. The van der Waals surface area contributed by atoms with Gasteiger partial charge in [-0.2, -0.15) is 0 Å². The average Bonchev–Trinajstić information content (AvgIpc) is 3.20. The fraction of sp³-hybridized carbons (Fsp3) is 0.444. The molecule has 2 N–H and O–H groups in total. The summed E-state index contributed by atoms with van der Waals surface area (Å²) in [6, 6.07) is 10.6. The molecular formula is C18H24N4OS. The zero-order valence-electron chi connectivity index (χ0n) is 14.2. The summed E-state index contributed by atoms with van der Waals surface area (Å²) in [4.78, 5) is 19.0. The highest BCUT2D eigenvalue weighted by molar-refractivity contribution is 7.09. The highest BCUT2D eigenvalue weighted by Gasteiger charge is 2.33. The Bertz CT molecular complexity index is 673. The van der Waals surface area contributed by atoms with E-state index in [2.05, 4.69) is 46.6 Å². The first-order chi connectivity index (χ1) is 11.7. The van der Waals surface area contributed by atoms with Crippen molar-refractivity contribution < 1.29 is 4.79 Å². The Labute approximate surface area is 147 Å². The fourth-order valence-corrected chi connectivity index (χ4v) is 3.96. The number of benzene rings is 1. The summed E-state index contributed by atoms with van der Waals surface area (Å²) < 4.78 is 0. The lowest BCUT2D eigenvalue weighted by Gasteiger charge is -2.26. The first kappa shape index (κ1) is 16.9. The number of carbonyl (C=O) groups is 1. The van der Waals surface area contributed by atoms with Crippen molar-refractivity contribution in [3.8, 4) is 0 Å². The van der Waals surface area contributed by atoms with Gasteiger partial charge in [0.25, 0.3) is 0 Å². The maximum atomic E-state index is 12.3. The van der Waals surface area contributed by atoms with E-state index in [1.165, 1.54) is 5.56 Å². The number of rotatable bonds is 5. The number of amides is 2. The molecule has 2 atom stereocenters. The van der Waals surface area contributed by atoms with Gasteiger partial charge in [0.1, 0.15) is 0 Å². The first-order valence-electron chi connectivity index (χ1n) is 8.40. The van der Waals surface area contributed by atoms with E-state index in [4.69, 9.17) is 0 Å². The van der Waals surface area contributed by atoms with Crippen molar-refractivity contribution in [1.29, 1.82) is 0 Å². The Morgan fingerprint density at radius 2 is 2.17 bits per heavy atom. The smallest absolute Gasteiger partial charge is 0.315 e. The van der Waals surface area contributed by atoms with Crippen molar-refractivity contribution >= 4 is 17.4 Å². The zero-order chi connectivity index (χ0) is 16.9. The van der Waals surface area contributed by atoms with Crippen LogP contribution in [-0.2, 0) is 13.0 Å². The van der Waals surface area contributed by atoms with E-state index < -0.39 is 0 Å². The Balaban J connectivity index is 1.57. The molecule has 2 heterocycles. The van der Waals surface area contributed by atoms with E-state index in [1.807, 2.05) is 23.6 Å². The second kappa shape index (κ2) is 7.77. The molecule has 1 aliphatic heterocycles. The van der Waals surface area contributed by atoms with E-state index >= 15 is 0 Å². The summed E-state index contributed by atoms with van der Waals surface area (Å²) in [6.45, 7) is 3.54. The molecule has 3 rings (SSSR count). The minimum Gasteiger partial charge on any atom is -0.333 e. The zero-order valence-corrected chi connectivity index (χ0v) is 15.0. The molecule has 2 amide bonds. The number of hydrogen-bond acceptors (Lipinski definition) is 4. The minimum atomic E-state index is -0.123. The predicted molar refractivity (Wildman–Crippen MR) is 97.1 cm³/mol. The van der Waals surface area contributed by atoms with Crippen molar-refractivity contribution in [3.05, 3.63) is 52.0 Å². The van der Waals surface area contributed by atoms with Gasteiger partial charge in [-0.05, 0) is 25.5 Å². The van der Waals surface area contributed by atoms with Crippen molar-refractivity contribution in [2.45, 2.75) is 38.4 Å². The number of likely N-dealkylation sites (tertiary alicyclic amines) is 1. The van der Waals surface area contributed by atoms with Crippen molar-refractivity contribution in [3.63, 3.8) is 0 Å². The van der Waals surface area contributed by atoms with Crippen LogP contribution in [0.4, 0.5) is 4.79 Å². The van der Waals surface area contributed by atoms with E-state index in [0.29, 0.717) is 6.54 Å². The third-order valence-corrected chi connectivity index (χ3v) is 5.48. The van der Waals surface area contributed by atoms with Crippen LogP contribution in [0.1, 0.15) is 35.7 Å². The summed E-state index contributed by atoms with van der Waals surface area (Å²) >= 11 is 1.64. The van der Waals surface area contributed by atoms with Gasteiger partial charge in [0, 0.05) is 11.9 Å². The molecule has 0 aliphatic carbocycles. The quantitative estimate of drug-likeness (QED) is 0.877. The second-order valence-electron chi connectivity index (χ2n) is 6.14. The summed E-state index contributed by atoms with van der Waals surface area (Å²) in [6.07, 6.45) is 1.89. The van der Waals surface area contributed by atoms with Gasteiger partial charge in [0.2, 0.25) is 0 Å². The standard InChI is InChI=1S/C18H24N4OS/c1-3-16-20-14(12-24-16)11-19-18(23)21-15-9-10-22(2)17(15)13-7-5-4-6-8-13/h4-8,12,15,17H,3,9-11H2,1-2H3,(H2,19,21,23)/t15-,17+/m0/s1. The maximum absolute atomic E-state index is 12.3. The number of nitrogens with zero attached hydrogens (tertiary/aromatic N) is 2. The average molecular weight is 344 g/mol. The van der Waals surface area contributed by atoms with Crippen LogP contribution in [0.5, 0.6) is 0 Å². The number of carbonyl (C=O) groups excluding carboxylic acids is 1. The lowest BCUT2D eigenvalue weighted by molar-refractivity contribution is 0.229. The number of nitrogens with one attached hydrogen (secondary N) is 2. The first-order valence-corrected chi connectivity index (χ1v) is 9.28. The van der Waals surface area contributed by atoms with Gasteiger partial charge >= 0.3 is 6.03 Å². The van der Waals surface area contributed by atoms with E-state index in [-0.39, 0.29) is 18.1 Å². The molecule has 128 valence electrons. The molecule has 0 radical (unpaired) electrons. The number of thiazole rings is 1. The van der Waals surface area contributed by atoms with E-state index in [1.54, 1.807) is 11.3 Å². The van der Waals surface area contributed by atoms with E-state index in [0.717, 1.165) is 30.1 Å². The van der Waals surface area contributed by atoms with Crippen molar-refractivity contribution in [2.75, 3.05) is 13.6 Å². The molecule has 24 heavy (non-hydrogen) atoms. The summed E-state index contributed by atoms with van der Waals surface area (Å²) in [7, 11) is 2.11. The number of aromatic nitrogens is 1. The van der Waals surface area contributed by atoms with Crippen molar-refractivity contribution in [1.82, 2.24) is 20.5 Å². The molecule has 6 heteroatoms. The molecule has 1 aromatic heterocycles. The largest absolute Gasteiger partial charge is 0.333 e. The topological polar surface area (TPSA) is 57.3 Å². The lowest BCUT2D eigenvalue weighted by Crippen LogP contribution is -2.44. The monoisotopic (exact) mass is 344 g/mol. The van der Waals surface area contributed by atoms with Crippen LogP contribution in [0.25, 0.3) is 0 Å². The summed E-state index contributed by atoms with van der Waals surface area (Å²) in [5.41, 5.74) is 2.17. The molecule has 0 saturated carbocycles. The van der Waals surface area contributed by atoms with Gasteiger partial charge in [-0.1, -0.05) is 37.3 Å². The third kappa shape index (κ3) is 3.94. The SMILES string of the molecule is CCc1nc(CNC(=O)N[C@H]2CCN(C)[C@@H]2c2ccccc2)cs1. The molecule has 2 aromatic rings. The molecule has 1 fully saturated rings. The molecule has 0 bridgehead atoms. The summed E-state index contributed by atoms with van der Waals surface area (Å²) in [5, 5.41) is 9.17. The Kier molecular flexibility index (Phi) is 5.48. The molecule has 1 aliphatic rings. The molecule has 0 spiro atoms. The maximum Gasteiger partial charge on any atom is 0.315 e. The highest BCUT2D eigenvalue weighted by Crippen LogP contribution is 2.30.